The van der Waals surface area contributed by atoms with E-state index in [1.807, 2.05) is 12.1 Å². The van der Waals surface area contributed by atoms with Gasteiger partial charge in [-0.05, 0) is 35.7 Å². The Morgan fingerprint density at radius 1 is 1.20 bits per heavy atom. The molecule has 0 atom stereocenters. The minimum Gasteiger partial charge on any atom is -0.496 e. The van der Waals surface area contributed by atoms with E-state index in [1.165, 1.54) is 11.1 Å². The monoisotopic (exact) mass is 414 g/mol. The fourth-order valence-electron chi connectivity index (χ4n) is 3.27. The highest BCUT2D eigenvalue weighted by molar-refractivity contribution is 9.10. The third-order valence-corrected chi connectivity index (χ3v) is 5.96. The molecule has 25 heavy (non-hydrogen) atoms. The Hall–Kier alpha value is -1.69. The van der Waals surface area contributed by atoms with E-state index >= 15 is 0 Å². The number of aromatic nitrogens is 1. The first-order valence-corrected chi connectivity index (χ1v) is 9.97. The van der Waals surface area contributed by atoms with E-state index in [9.17, 15) is 0 Å². The van der Waals surface area contributed by atoms with Crippen LogP contribution in [-0.4, -0.2) is 23.5 Å². The van der Waals surface area contributed by atoms with Crippen LogP contribution in [0.4, 0.5) is 0 Å². The number of ether oxygens (including phenoxy) is 1. The van der Waals surface area contributed by atoms with Crippen molar-refractivity contribution in [3.05, 3.63) is 69.1 Å². The first-order valence-electron chi connectivity index (χ1n) is 8.30. The lowest BCUT2D eigenvalue weighted by Crippen LogP contribution is -2.30. The van der Waals surface area contributed by atoms with E-state index < -0.39 is 0 Å². The summed E-state index contributed by atoms with van der Waals surface area (Å²) in [6.45, 7) is 2.98. The van der Waals surface area contributed by atoms with Crippen LogP contribution < -0.4 is 4.74 Å². The smallest absolute Gasteiger partial charge is 0.129 e. The van der Waals surface area contributed by atoms with Gasteiger partial charge in [-0.1, -0.05) is 40.2 Å². The third-order valence-electron chi connectivity index (χ3n) is 4.54. The lowest BCUT2D eigenvalue weighted by Gasteiger charge is -2.27. The molecule has 0 fully saturated rings. The van der Waals surface area contributed by atoms with Crippen molar-refractivity contribution in [3.63, 3.8) is 0 Å². The van der Waals surface area contributed by atoms with Crippen LogP contribution in [0.15, 0.2) is 52.3 Å². The SMILES string of the molecule is COc1ccc(Br)cc1-c1nc(CN2CCc3ccccc3C2)cs1. The van der Waals surface area contributed by atoms with Crippen LogP contribution in [-0.2, 0) is 19.5 Å². The summed E-state index contributed by atoms with van der Waals surface area (Å²) >= 11 is 5.21. The second kappa shape index (κ2) is 7.28. The molecule has 0 bridgehead atoms. The van der Waals surface area contributed by atoms with Gasteiger partial charge in [-0.2, -0.15) is 0 Å². The lowest BCUT2D eigenvalue weighted by atomic mass is 10.00. The predicted molar refractivity (Wildman–Crippen MR) is 106 cm³/mol. The van der Waals surface area contributed by atoms with Crippen molar-refractivity contribution in [2.75, 3.05) is 13.7 Å². The maximum absolute atomic E-state index is 5.49. The number of hydrogen-bond donors (Lipinski definition) is 0. The molecule has 0 radical (unpaired) electrons. The molecule has 0 saturated carbocycles. The topological polar surface area (TPSA) is 25.4 Å². The normalized spacial score (nSPS) is 14.3. The number of halogens is 1. The van der Waals surface area contributed by atoms with Gasteiger partial charge in [0.2, 0.25) is 0 Å². The van der Waals surface area contributed by atoms with Gasteiger partial charge in [-0.25, -0.2) is 4.98 Å². The van der Waals surface area contributed by atoms with Crippen molar-refractivity contribution < 1.29 is 4.74 Å². The molecule has 0 N–H and O–H groups in total. The minimum atomic E-state index is 0.857. The van der Waals surface area contributed by atoms with Crippen molar-refractivity contribution in [2.24, 2.45) is 0 Å². The largest absolute Gasteiger partial charge is 0.496 e. The average molecular weight is 415 g/mol. The molecule has 1 aromatic heterocycles. The van der Waals surface area contributed by atoms with Gasteiger partial charge in [-0.3, -0.25) is 4.90 Å². The molecule has 0 spiro atoms. The second-order valence-electron chi connectivity index (χ2n) is 6.22. The molecule has 2 heterocycles. The molecule has 1 aliphatic heterocycles. The zero-order chi connectivity index (χ0) is 17.2. The number of hydrogen-bond acceptors (Lipinski definition) is 4. The molecule has 0 unspecified atom stereocenters. The van der Waals surface area contributed by atoms with E-state index in [2.05, 4.69) is 56.5 Å². The second-order valence-corrected chi connectivity index (χ2v) is 7.99. The highest BCUT2D eigenvalue weighted by Gasteiger charge is 2.18. The predicted octanol–water partition coefficient (Wildman–Crippen LogP) is 5.14. The van der Waals surface area contributed by atoms with Crippen LogP contribution in [0.2, 0.25) is 0 Å². The van der Waals surface area contributed by atoms with Crippen LogP contribution >= 0.6 is 27.3 Å². The molecule has 5 heteroatoms. The van der Waals surface area contributed by atoms with Gasteiger partial charge in [0.25, 0.3) is 0 Å². The van der Waals surface area contributed by atoms with Gasteiger partial charge in [0.1, 0.15) is 10.8 Å². The fraction of sp³-hybridized carbons (Fsp3) is 0.250. The van der Waals surface area contributed by atoms with Crippen molar-refractivity contribution in [1.29, 1.82) is 0 Å². The van der Waals surface area contributed by atoms with Crippen LogP contribution in [0.25, 0.3) is 10.6 Å². The Bertz CT molecular complexity index is 893. The molecule has 2 aromatic carbocycles. The Balaban J connectivity index is 1.52. The van der Waals surface area contributed by atoms with Crippen molar-refractivity contribution in [3.8, 4) is 16.3 Å². The molecule has 128 valence electrons. The highest BCUT2D eigenvalue weighted by Crippen LogP contribution is 2.34. The van der Waals surface area contributed by atoms with Crippen LogP contribution in [0.5, 0.6) is 5.75 Å². The summed E-state index contributed by atoms with van der Waals surface area (Å²) in [5, 5.41) is 3.17. The Kier molecular flexibility index (Phi) is 4.88. The van der Waals surface area contributed by atoms with Crippen molar-refractivity contribution >= 4 is 27.3 Å². The third kappa shape index (κ3) is 3.64. The average Bonchev–Trinajstić information content (AvgIpc) is 3.10. The summed E-state index contributed by atoms with van der Waals surface area (Å²) < 4.78 is 6.52. The van der Waals surface area contributed by atoms with Gasteiger partial charge >= 0.3 is 0 Å². The molecular weight excluding hydrogens is 396 g/mol. The quantitative estimate of drug-likeness (QED) is 0.590. The van der Waals surface area contributed by atoms with Crippen molar-refractivity contribution in [2.45, 2.75) is 19.5 Å². The number of methoxy groups -OCH3 is 1. The lowest BCUT2D eigenvalue weighted by molar-refractivity contribution is 0.243. The first kappa shape index (κ1) is 16.8. The Morgan fingerprint density at radius 2 is 2.04 bits per heavy atom. The fourth-order valence-corrected chi connectivity index (χ4v) is 4.46. The summed E-state index contributed by atoms with van der Waals surface area (Å²) in [4.78, 5) is 7.33. The number of nitrogens with zero attached hydrogens (tertiary/aromatic N) is 2. The minimum absolute atomic E-state index is 0.857. The van der Waals surface area contributed by atoms with Gasteiger partial charge < -0.3 is 4.74 Å². The van der Waals surface area contributed by atoms with E-state index in [0.29, 0.717) is 0 Å². The first-order chi connectivity index (χ1) is 12.2. The van der Waals surface area contributed by atoms with Crippen LogP contribution in [0, 0.1) is 0 Å². The van der Waals surface area contributed by atoms with Crippen LogP contribution in [0.1, 0.15) is 16.8 Å². The molecule has 4 rings (SSSR count). The summed E-state index contributed by atoms with van der Waals surface area (Å²) in [6, 6.07) is 14.8. The highest BCUT2D eigenvalue weighted by atomic mass is 79.9. The molecule has 0 aliphatic carbocycles. The molecular formula is C20H19BrN2OS. The molecule has 1 aliphatic rings. The summed E-state index contributed by atoms with van der Waals surface area (Å²) in [5.74, 6) is 0.857. The molecule has 3 nitrogen and oxygen atoms in total. The van der Waals surface area contributed by atoms with E-state index in [-0.39, 0.29) is 0 Å². The zero-order valence-corrected chi connectivity index (χ0v) is 16.4. The molecule has 0 saturated heterocycles. The van der Waals surface area contributed by atoms with E-state index in [0.717, 1.165) is 52.5 Å². The van der Waals surface area contributed by atoms with Gasteiger partial charge in [-0.15, -0.1) is 11.3 Å². The zero-order valence-electron chi connectivity index (χ0n) is 14.0. The van der Waals surface area contributed by atoms with E-state index in [1.54, 1.807) is 18.4 Å². The Labute approximate surface area is 160 Å². The number of rotatable bonds is 4. The van der Waals surface area contributed by atoms with Gasteiger partial charge in [0, 0.05) is 29.5 Å². The van der Waals surface area contributed by atoms with Crippen LogP contribution in [0.3, 0.4) is 0 Å². The Morgan fingerprint density at radius 3 is 2.88 bits per heavy atom. The number of fused-ring (bicyclic) bond motifs is 1. The molecule has 3 aromatic rings. The maximum atomic E-state index is 5.49. The number of benzene rings is 2. The number of thiazole rings is 1. The summed E-state index contributed by atoms with van der Waals surface area (Å²) in [6.07, 6.45) is 1.12. The standard InChI is InChI=1S/C20H19BrN2OS/c1-24-19-7-6-16(21)10-18(19)20-22-17(13-25-20)12-23-9-8-14-4-2-3-5-15(14)11-23/h2-7,10,13H,8-9,11-12H2,1H3. The summed E-state index contributed by atoms with van der Waals surface area (Å²) in [5.41, 5.74) is 5.09. The summed E-state index contributed by atoms with van der Waals surface area (Å²) in [7, 11) is 1.70. The maximum Gasteiger partial charge on any atom is 0.129 e. The van der Waals surface area contributed by atoms with E-state index in [4.69, 9.17) is 9.72 Å². The van der Waals surface area contributed by atoms with Gasteiger partial charge in [0.05, 0.1) is 18.4 Å². The molecule has 0 amide bonds. The van der Waals surface area contributed by atoms with Gasteiger partial charge in [0.15, 0.2) is 0 Å². The van der Waals surface area contributed by atoms with Crippen molar-refractivity contribution in [1.82, 2.24) is 9.88 Å².